The summed E-state index contributed by atoms with van der Waals surface area (Å²) in [5.41, 5.74) is 2.44. The van der Waals surface area contributed by atoms with E-state index >= 15 is 0 Å². The average molecular weight is 308 g/mol. The topological polar surface area (TPSA) is 58.9 Å². The fraction of sp³-hybridized carbons (Fsp3) is 0.0769. The maximum Gasteiger partial charge on any atom is 0.169 e. The molecule has 2 rings (SSSR count). The SMILES string of the molecule is O=NOc1ccccc1-c1ccc(CO)c(Br)c1. The molecule has 2 aromatic rings. The first kappa shape index (κ1) is 12.7. The predicted molar refractivity (Wildman–Crippen MR) is 71.9 cm³/mol. The minimum Gasteiger partial charge on any atom is -0.392 e. The molecule has 0 atom stereocenters. The van der Waals surface area contributed by atoms with E-state index in [4.69, 9.17) is 9.94 Å². The van der Waals surface area contributed by atoms with Gasteiger partial charge in [0.05, 0.1) is 6.61 Å². The third-order valence-electron chi connectivity index (χ3n) is 2.56. The summed E-state index contributed by atoms with van der Waals surface area (Å²) in [6, 6.07) is 12.6. The molecule has 0 aromatic heterocycles. The van der Waals surface area contributed by atoms with Crippen LogP contribution in [0.15, 0.2) is 52.3 Å². The molecular formula is C13H10BrNO3. The Morgan fingerprint density at radius 1 is 1.22 bits per heavy atom. The lowest BCUT2D eigenvalue weighted by Crippen LogP contribution is -1.89. The molecule has 0 saturated heterocycles. The number of rotatable bonds is 4. The summed E-state index contributed by atoms with van der Waals surface area (Å²) in [7, 11) is 0. The van der Waals surface area contributed by atoms with Gasteiger partial charge in [-0.2, -0.15) is 0 Å². The van der Waals surface area contributed by atoms with Crippen LogP contribution in [0.1, 0.15) is 5.56 Å². The smallest absolute Gasteiger partial charge is 0.169 e. The summed E-state index contributed by atoms with van der Waals surface area (Å²) in [6.07, 6.45) is 0. The molecular weight excluding hydrogens is 298 g/mol. The van der Waals surface area contributed by atoms with E-state index in [1.54, 1.807) is 12.1 Å². The van der Waals surface area contributed by atoms with Gasteiger partial charge < -0.3 is 9.94 Å². The van der Waals surface area contributed by atoms with Gasteiger partial charge >= 0.3 is 0 Å². The molecule has 0 aliphatic heterocycles. The van der Waals surface area contributed by atoms with Gasteiger partial charge in [-0.25, -0.2) is 0 Å². The third-order valence-corrected chi connectivity index (χ3v) is 3.30. The molecule has 4 nitrogen and oxygen atoms in total. The molecule has 5 heteroatoms. The number of hydrogen-bond acceptors (Lipinski definition) is 4. The van der Waals surface area contributed by atoms with Crippen LogP contribution in [0.2, 0.25) is 0 Å². The zero-order valence-corrected chi connectivity index (χ0v) is 10.9. The molecule has 0 radical (unpaired) electrons. The number of nitrogens with zero attached hydrogens (tertiary/aromatic N) is 1. The van der Waals surface area contributed by atoms with Crippen LogP contribution in [0.4, 0.5) is 0 Å². The maximum atomic E-state index is 10.2. The Kier molecular flexibility index (Phi) is 4.07. The second-order valence-electron chi connectivity index (χ2n) is 3.63. The van der Waals surface area contributed by atoms with Gasteiger partial charge in [0.2, 0.25) is 0 Å². The highest BCUT2D eigenvalue weighted by Crippen LogP contribution is 2.32. The fourth-order valence-corrected chi connectivity index (χ4v) is 2.17. The molecule has 2 aromatic carbocycles. The van der Waals surface area contributed by atoms with E-state index < -0.39 is 0 Å². The van der Waals surface area contributed by atoms with Crippen molar-refractivity contribution < 1.29 is 9.94 Å². The molecule has 0 spiro atoms. The zero-order valence-electron chi connectivity index (χ0n) is 9.34. The highest BCUT2D eigenvalue weighted by molar-refractivity contribution is 9.10. The number of aliphatic hydroxyl groups excluding tert-OH is 1. The van der Waals surface area contributed by atoms with Gasteiger partial charge in [-0.05, 0) is 23.3 Å². The van der Waals surface area contributed by atoms with E-state index in [1.165, 1.54) is 0 Å². The van der Waals surface area contributed by atoms with E-state index in [1.807, 2.05) is 30.3 Å². The van der Waals surface area contributed by atoms with Crippen molar-refractivity contribution in [1.82, 2.24) is 0 Å². The summed E-state index contributed by atoms with van der Waals surface area (Å²) in [5.74, 6) is 0.399. The van der Waals surface area contributed by atoms with Crippen LogP contribution < -0.4 is 4.84 Å². The van der Waals surface area contributed by atoms with E-state index in [2.05, 4.69) is 21.3 Å². The number of aliphatic hydroxyl groups is 1. The van der Waals surface area contributed by atoms with Gasteiger partial charge in [0, 0.05) is 10.0 Å². The van der Waals surface area contributed by atoms with Crippen molar-refractivity contribution >= 4 is 15.9 Å². The molecule has 18 heavy (non-hydrogen) atoms. The summed E-state index contributed by atoms with van der Waals surface area (Å²) >= 11 is 3.38. The van der Waals surface area contributed by atoms with Crippen molar-refractivity contribution in [3.8, 4) is 16.9 Å². The number of halogens is 1. The van der Waals surface area contributed by atoms with Gasteiger partial charge in [-0.1, -0.05) is 46.3 Å². The van der Waals surface area contributed by atoms with Crippen LogP contribution >= 0.6 is 15.9 Å². The summed E-state index contributed by atoms with van der Waals surface area (Å²) in [4.78, 5) is 14.9. The van der Waals surface area contributed by atoms with Gasteiger partial charge in [-0.15, -0.1) is 4.91 Å². The van der Waals surface area contributed by atoms with Crippen LogP contribution in [-0.2, 0) is 6.61 Å². The number of para-hydroxylation sites is 1. The minimum absolute atomic E-state index is 0.0328. The summed E-state index contributed by atoms with van der Waals surface area (Å²) in [6.45, 7) is -0.0328. The molecule has 0 aliphatic carbocycles. The van der Waals surface area contributed by atoms with Crippen molar-refractivity contribution in [3.05, 3.63) is 57.4 Å². The van der Waals surface area contributed by atoms with Crippen LogP contribution in [0.5, 0.6) is 5.75 Å². The average Bonchev–Trinajstić information content (AvgIpc) is 2.40. The van der Waals surface area contributed by atoms with E-state index in [0.29, 0.717) is 5.75 Å². The van der Waals surface area contributed by atoms with E-state index in [9.17, 15) is 4.91 Å². The molecule has 0 unspecified atom stereocenters. The summed E-state index contributed by atoms with van der Waals surface area (Å²) < 4.78 is 0.802. The van der Waals surface area contributed by atoms with Crippen LogP contribution in [0.25, 0.3) is 11.1 Å². The molecule has 0 fully saturated rings. The molecule has 0 aliphatic rings. The first-order valence-electron chi connectivity index (χ1n) is 5.24. The highest BCUT2D eigenvalue weighted by Gasteiger charge is 2.08. The van der Waals surface area contributed by atoms with Crippen molar-refractivity contribution in [1.29, 1.82) is 0 Å². The molecule has 92 valence electrons. The first-order valence-corrected chi connectivity index (χ1v) is 6.04. The lowest BCUT2D eigenvalue weighted by Gasteiger charge is -2.08. The normalized spacial score (nSPS) is 10.1. The van der Waals surface area contributed by atoms with Crippen LogP contribution in [0, 0.1) is 4.91 Å². The molecule has 0 bridgehead atoms. The number of hydrogen-bond donors (Lipinski definition) is 1. The number of benzene rings is 2. The quantitative estimate of drug-likeness (QED) is 0.692. The van der Waals surface area contributed by atoms with Gasteiger partial charge in [0.15, 0.2) is 11.1 Å². The lowest BCUT2D eigenvalue weighted by molar-refractivity contribution is 0.281. The van der Waals surface area contributed by atoms with E-state index in [-0.39, 0.29) is 6.61 Å². The van der Waals surface area contributed by atoms with Crippen molar-refractivity contribution in [3.63, 3.8) is 0 Å². The molecule has 0 heterocycles. The molecule has 0 amide bonds. The maximum absolute atomic E-state index is 10.2. The van der Waals surface area contributed by atoms with Crippen molar-refractivity contribution in [2.45, 2.75) is 6.61 Å². The lowest BCUT2D eigenvalue weighted by atomic mass is 10.0. The Morgan fingerprint density at radius 2 is 2.00 bits per heavy atom. The Hall–Kier alpha value is -1.72. The minimum atomic E-state index is -0.0328. The first-order chi connectivity index (χ1) is 8.76. The Bertz CT molecular complexity index is 572. The van der Waals surface area contributed by atoms with Crippen LogP contribution in [0.3, 0.4) is 0 Å². The monoisotopic (exact) mass is 307 g/mol. The highest BCUT2D eigenvalue weighted by atomic mass is 79.9. The second kappa shape index (κ2) is 5.75. The van der Waals surface area contributed by atoms with Crippen LogP contribution in [-0.4, -0.2) is 5.11 Å². The second-order valence-corrected chi connectivity index (χ2v) is 4.48. The standard InChI is InChI=1S/C13H10BrNO3/c14-12-7-9(5-6-10(12)8-16)11-3-1-2-4-13(11)18-15-17/h1-7,16H,8H2. The summed E-state index contributed by atoms with van der Waals surface area (Å²) in [5, 5.41) is 11.6. The Balaban J connectivity index is 2.48. The van der Waals surface area contributed by atoms with E-state index in [0.717, 1.165) is 21.2 Å². The fourth-order valence-electron chi connectivity index (χ4n) is 1.67. The molecule has 1 N–H and O–H groups in total. The predicted octanol–water partition coefficient (Wildman–Crippen LogP) is 3.67. The van der Waals surface area contributed by atoms with Gasteiger partial charge in [-0.3, -0.25) is 0 Å². The third kappa shape index (κ3) is 2.57. The Labute approximate surface area is 112 Å². The largest absolute Gasteiger partial charge is 0.392 e. The molecule has 0 saturated carbocycles. The van der Waals surface area contributed by atoms with Gasteiger partial charge in [0.25, 0.3) is 0 Å². The zero-order chi connectivity index (χ0) is 13.0. The van der Waals surface area contributed by atoms with Gasteiger partial charge in [0.1, 0.15) is 0 Å². The Morgan fingerprint density at radius 3 is 2.67 bits per heavy atom. The van der Waals surface area contributed by atoms with Crippen molar-refractivity contribution in [2.24, 2.45) is 5.34 Å². The van der Waals surface area contributed by atoms with Crippen molar-refractivity contribution in [2.75, 3.05) is 0 Å².